The lowest BCUT2D eigenvalue weighted by Gasteiger charge is -2.05. The van der Waals surface area contributed by atoms with Crippen LogP contribution in [0, 0.1) is 17.1 Å². The van der Waals surface area contributed by atoms with Gasteiger partial charge in [-0.25, -0.2) is 4.39 Å². The Balaban J connectivity index is 2.07. The minimum atomic E-state index is -0.285. The average molecular weight is 308 g/mol. The number of aryl methyl sites for hydroxylation is 1. The third kappa shape index (κ3) is 2.71. The highest BCUT2D eigenvalue weighted by Crippen LogP contribution is 2.20. The van der Waals surface area contributed by atoms with Gasteiger partial charge in [-0.3, -0.25) is 0 Å². The van der Waals surface area contributed by atoms with E-state index in [1.54, 1.807) is 16.7 Å². The number of hydrogen-bond acceptors (Lipinski definition) is 2. The molecule has 1 aromatic carbocycles. The predicted molar refractivity (Wildman–Crippen MR) is 71.6 cm³/mol. The highest BCUT2D eigenvalue weighted by Gasteiger charge is 2.03. The number of rotatable bonds is 3. The standard InChI is InChI=1S/C13H11BrFN3/c1-18-8-9(4-11(18)6-16)7-17-10-2-3-13(15)12(14)5-10/h2-5,8,17H,7H2,1H3. The first-order valence-corrected chi connectivity index (χ1v) is 6.13. The molecule has 2 aromatic rings. The Hall–Kier alpha value is -1.80. The molecule has 0 fully saturated rings. The SMILES string of the molecule is Cn1cc(CNc2ccc(F)c(Br)c2)cc1C#N. The summed E-state index contributed by atoms with van der Waals surface area (Å²) >= 11 is 3.14. The number of halogens is 2. The number of benzene rings is 1. The van der Waals surface area contributed by atoms with E-state index in [1.165, 1.54) is 6.07 Å². The molecule has 1 N–H and O–H groups in total. The summed E-state index contributed by atoms with van der Waals surface area (Å²) in [5, 5.41) is 12.0. The van der Waals surface area contributed by atoms with Gasteiger partial charge in [0.05, 0.1) is 4.47 Å². The Morgan fingerprint density at radius 3 is 2.83 bits per heavy atom. The maximum atomic E-state index is 13.0. The van der Waals surface area contributed by atoms with Crippen molar-refractivity contribution in [3.8, 4) is 6.07 Å². The predicted octanol–water partition coefficient (Wildman–Crippen LogP) is 3.41. The van der Waals surface area contributed by atoms with E-state index in [1.807, 2.05) is 19.3 Å². The molecule has 18 heavy (non-hydrogen) atoms. The number of hydrogen-bond donors (Lipinski definition) is 1. The van der Waals surface area contributed by atoms with Crippen LogP contribution in [-0.2, 0) is 13.6 Å². The van der Waals surface area contributed by atoms with E-state index in [0.717, 1.165) is 11.3 Å². The van der Waals surface area contributed by atoms with Crippen LogP contribution in [0.1, 0.15) is 11.3 Å². The molecular weight excluding hydrogens is 297 g/mol. The smallest absolute Gasteiger partial charge is 0.137 e. The van der Waals surface area contributed by atoms with Gasteiger partial charge in [-0.2, -0.15) is 5.26 Å². The van der Waals surface area contributed by atoms with E-state index < -0.39 is 0 Å². The fraction of sp³-hybridized carbons (Fsp3) is 0.154. The second kappa shape index (κ2) is 5.23. The fourth-order valence-corrected chi connectivity index (χ4v) is 2.03. The summed E-state index contributed by atoms with van der Waals surface area (Å²) in [6.07, 6.45) is 1.89. The topological polar surface area (TPSA) is 40.8 Å². The molecule has 0 unspecified atom stereocenters. The summed E-state index contributed by atoms with van der Waals surface area (Å²) in [6, 6.07) is 8.69. The van der Waals surface area contributed by atoms with E-state index in [2.05, 4.69) is 27.3 Å². The molecule has 0 atom stereocenters. The van der Waals surface area contributed by atoms with E-state index in [9.17, 15) is 4.39 Å². The molecule has 0 saturated carbocycles. The number of anilines is 1. The van der Waals surface area contributed by atoms with Crippen molar-refractivity contribution in [2.75, 3.05) is 5.32 Å². The van der Waals surface area contributed by atoms with Crippen LogP contribution in [-0.4, -0.2) is 4.57 Å². The monoisotopic (exact) mass is 307 g/mol. The molecule has 2 rings (SSSR count). The molecule has 5 heteroatoms. The minimum Gasteiger partial charge on any atom is -0.381 e. The van der Waals surface area contributed by atoms with Crippen molar-refractivity contribution in [3.63, 3.8) is 0 Å². The Kier molecular flexibility index (Phi) is 3.68. The zero-order chi connectivity index (χ0) is 13.1. The molecule has 0 radical (unpaired) electrons. The summed E-state index contributed by atoms with van der Waals surface area (Å²) < 4.78 is 15.3. The quantitative estimate of drug-likeness (QED) is 0.944. The van der Waals surface area contributed by atoms with Crippen LogP contribution in [0.15, 0.2) is 34.9 Å². The van der Waals surface area contributed by atoms with Crippen molar-refractivity contribution < 1.29 is 4.39 Å². The fourth-order valence-electron chi connectivity index (χ4n) is 1.65. The summed E-state index contributed by atoms with van der Waals surface area (Å²) in [6.45, 7) is 0.591. The van der Waals surface area contributed by atoms with Crippen LogP contribution >= 0.6 is 15.9 Å². The van der Waals surface area contributed by atoms with Crippen molar-refractivity contribution in [2.45, 2.75) is 6.54 Å². The highest BCUT2D eigenvalue weighted by molar-refractivity contribution is 9.10. The first-order chi connectivity index (χ1) is 8.60. The van der Waals surface area contributed by atoms with Gasteiger partial charge in [0.1, 0.15) is 17.6 Å². The van der Waals surface area contributed by atoms with Gasteiger partial charge in [0.15, 0.2) is 0 Å². The van der Waals surface area contributed by atoms with Crippen molar-refractivity contribution in [1.29, 1.82) is 5.26 Å². The third-order valence-corrected chi connectivity index (χ3v) is 3.20. The lowest BCUT2D eigenvalue weighted by atomic mass is 10.2. The van der Waals surface area contributed by atoms with E-state index in [0.29, 0.717) is 16.7 Å². The lowest BCUT2D eigenvalue weighted by Crippen LogP contribution is -1.98. The molecule has 0 spiro atoms. The van der Waals surface area contributed by atoms with Gasteiger partial charge in [0.25, 0.3) is 0 Å². The number of aromatic nitrogens is 1. The van der Waals surface area contributed by atoms with Gasteiger partial charge in [-0.1, -0.05) is 0 Å². The van der Waals surface area contributed by atoms with Crippen LogP contribution in [0.3, 0.4) is 0 Å². The highest BCUT2D eigenvalue weighted by atomic mass is 79.9. The van der Waals surface area contributed by atoms with Crippen LogP contribution in [0.5, 0.6) is 0 Å². The summed E-state index contributed by atoms with van der Waals surface area (Å²) in [7, 11) is 1.83. The number of nitrogens with zero attached hydrogens (tertiary/aromatic N) is 2. The van der Waals surface area contributed by atoms with Gasteiger partial charge in [-0.15, -0.1) is 0 Å². The first kappa shape index (κ1) is 12.7. The molecule has 0 saturated heterocycles. The van der Waals surface area contributed by atoms with Gasteiger partial charge in [-0.05, 0) is 45.8 Å². The largest absolute Gasteiger partial charge is 0.381 e. The molecule has 0 aliphatic heterocycles. The van der Waals surface area contributed by atoms with Crippen molar-refractivity contribution in [1.82, 2.24) is 4.57 Å². The molecule has 0 aliphatic rings. The molecule has 3 nitrogen and oxygen atoms in total. The Morgan fingerprint density at radius 2 is 2.22 bits per heavy atom. The second-order valence-electron chi connectivity index (χ2n) is 3.94. The van der Waals surface area contributed by atoms with Crippen LogP contribution < -0.4 is 5.32 Å². The van der Waals surface area contributed by atoms with Gasteiger partial charge in [0.2, 0.25) is 0 Å². The average Bonchev–Trinajstić information content (AvgIpc) is 2.71. The zero-order valence-corrected chi connectivity index (χ0v) is 11.3. The molecule has 0 aliphatic carbocycles. The molecule has 1 aromatic heterocycles. The van der Waals surface area contributed by atoms with E-state index in [-0.39, 0.29) is 5.82 Å². The number of nitrogens with one attached hydrogen (secondary N) is 1. The summed E-state index contributed by atoms with van der Waals surface area (Å²) in [4.78, 5) is 0. The zero-order valence-electron chi connectivity index (χ0n) is 9.74. The third-order valence-electron chi connectivity index (χ3n) is 2.59. The maximum absolute atomic E-state index is 13.0. The minimum absolute atomic E-state index is 0.285. The molecule has 92 valence electrons. The summed E-state index contributed by atoms with van der Waals surface area (Å²) in [5.41, 5.74) is 2.45. The van der Waals surface area contributed by atoms with Crippen molar-refractivity contribution >= 4 is 21.6 Å². The second-order valence-corrected chi connectivity index (χ2v) is 4.79. The van der Waals surface area contributed by atoms with Gasteiger partial charge < -0.3 is 9.88 Å². The van der Waals surface area contributed by atoms with E-state index in [4.69, 9.17) is 5.26 Å². The first-order valence-electron chi connectivity index (χ1n) is 5.34. The Labute approximate surface area is 113 Å². The van der Waals surface area contributed by atoms with Crippen LogP contribution in [0.25, 0.3) is 0 Å². The molecular formula is C13H11BrFN3. The number of nitriles is 1. The van der Waals surface area contributed by atoms with Crippen molar-refractivity contribution in [3.05, 3.63) is 52.0 Å². The van der Waals surface area contributed by atoms with E-state index >= 15 is 0 Å². The normalized spacial score (nSPS) is 10.1. The van der Waals surface area contributed by atoms with Gasteiger partial charge in [0, 0.05) is 25.5 Å². The molecule has 1 heterocycles. The van der Waals surface area contributed by atoms with Crippen LogP contribution in [0.2, 0.25) is 0 Å². The lowest BCUT2D eigenvalue weighted by molar-refractivity contribution is 0.621. The van der Waals surface area contributed by atoms with Crippen molar-refractivity contribution in [2.24, 2.45) is 7.05 Å². The summed E-state index contributed by atoms with van der Waals surface area (Å²) in [5.74, 6) is -0.285. The Morgan fingerprint density at radius 1 is 1.44 bits per heavy atom. The molecule has 0 amide bonds. The van der Waals surface area contributed by atoms with Crippen LogP contribution in [0.4, 0.5) is 10.1 Å². The molecule has 0 bridgehead atoms. The Bertz CT molecular complexity index is 613. The maximum Gasteiger partial charge on any atom is 0.137 e. The van der Waals surface area contributed by atoms with Gasteiger partial charge >= 0.3 is 0 Å².